The van der Waals surface area contributed by atoms with Crippen LogP contribution in [0.15, 0.2) is 24.5 Å². The molecule has 2 aromatic rings. The number of aliphatic hydroxyl groups is 1. The molecule has 0 aliphatic heterocycles. The average molecular weight is 247 g/mol. The molecule has 0 saturated heterocycles. The van der Waals surface area contributed by atoms with E-state index in [1.807, 2.05) is 6.07 Å². The van der Waals surface area contributed by atoms with Gasteiger partial charge < -0.3 is 15.4 Å². The molecule has 5 nitrogen and oxygen atoms in total. The van der Waals surface area contributed by atoms with E-state index in [2.05, 4.69) is 15.3 Å². The number of aliphatic hydroxyl groups excluding tert-OH is 1. The number of benzene rings is 1. The number of H-pyrrole nitrogens is 1. The molecule has 2 rings (SSSR count). The fourth-order valence-electron chi connectivity index (χ4n) is 1.79. The minimum Gasteiger partial charge on any atom is -0.396 e. The van der Waals surface area contributed by atoms with Crippen LogP contribution in [0.4, 0.5) is 0 Å². The second-order valence-electron chi connectivity index (χ2n) is 4.17. The van der Waals surface area contributed by atoms with Gasteiger partial charge in [0, 0.05) is 18.7 Å². The molecule has 0 fully saturated rings. The van der Waals surface area contributed by atoms with Gasteiger partial charge in [0.05, 0.1) is 17.4 Å². The van der Waals surface area contributed by atoms with Crippen molar-refractivity contribution in [1.82, 2.24) is 15.3 Å². The van der Waals surface area contributed by atoms with Gasteiger partial charge in [-0.1, -0.05) is 0 Å². The number of imidazole rings is 1. The number of nitrogens with one attached hydrogen (secondary N) is 2. The summed E-state index contributed by atoms with van der Waals surface area (Å²) in [5.41, 5.74) is 2.34. The number of unbranched alkanes of at least 4 members (excludes halogenated alkanes) is 2. The van der Waals surface area contributed by atoms with Gasteiger partial charge in [-0.3, -0.25) is 4.79 Å². The molecular weight excluding hydrogens is 230 g/mol. The molecule has 0 spiro atoms. The number of hydrogen-bond donors (Lipinski definition) is 3. The lowest BCUT2D eigenvalue weighted by molar-refractivity contribution is 0.0953. The Hall–Kier alpha value is -1.88. The molecule has 0 aliphatic rings. The Balaban J connectivity index is 1.88. The number of fused-ring (bicyclic) bond motifs is 1. The average Bonchev–Trinajstić information content (AvgIpc) is 2.85. The zero-order valence-corrected chi connectivity index (χ0v) is 10.1. The summed E-state index contributed by atoms with van der Waals surface area (Å²) in [6.45, 7) is 0.848. The van der Waals surface area contributed by atoms with Crippen molar-refractivity contribution in [3.63, 3.8) is 0 Å². The van der Waals surface area contributed by atoms with E-state index in [1.165, 1.54) is 0 Å². The molecule has 0 saturated carbocycles. The van der Waals surface area contributed by atoms with Crippen molar-refractivity contribution in [2.24, 2.45) is 0 Å². The first kappa shape index (κ1) is 12.6. The smallest absolute Gasteiger partial charge is 0.251 e. The molecule has 1 aromatic carbocycles. The highest BCUT2D eigenvalue weighted by Gasteiger charge is 2.06. The normalized spacial score (nSPS) is 10.7. The Kier molecular flexibility index (Phi) is 4.30. The number of hydrogen-bond acceptors (Lipinski definition) is 3. The molecule has 18 heavy (non-hydrogen) atoms. The van der Waals surface area contributed by atoms with Gasteiger partial charge >= 0.3 is 0 Å². The summed E-state index contributed by atoms with van der Waals surface area (Å²) in [5.74, 6) is -0.0797. The first-order valence-corrected chi connectivity index (χ1v) is 6.13. The quantitative estimate of drug-likeness (QED) is 0.676. The van der Waals surface area contributed by atoms with Crippen LogP contribution in [0.2, 0.25) is 0 Å². The Morgan fingerprint density at radius 2 is 2.22 bits per heavy atom. The van der Waals surface area contributed by atoms with E-state index >= 15 is 0 Å². The van der Waals surface area contributed by atoms with Crippen LogP contribution >= 0.6 is 0 Å². The molecule has 1 amide bonds. The molecule has 1 heterocycles. The van der Waals surface area contributed by atoms with E-state index < -0.39 is 0 Å². The summed E-state index contributed by atoms with van der Waals surface area (Å²) >= 11 is 0. The summed E-state index contributed by atoms with van der Waals surface area (Å²) in [5, 5.41) is 11.5. The van der Waals surface area contributed by atoms with Crippen LogP contribution in [-0.2, 0) is 0 Å². The van der Waals surface area contributed by atoms with Crippen molar-refractivity contribution >= 4 is 16.9 Å². The van der Waals surface area contributed by atoms with E-state index in [0.29, 0.717) is 12.1 Å². The van der Waals surface area contributed by atoms with Gasteiger partial charge in [-0.2, -0.15) is 0 Å². The third kappa shape index (κ3) is 3.07. The third-order valence-electron chi connectivity index (χ3n) is 2.80. The van der Waals surface area contributed by atoms with Gasteiger partial charge in [-0.05, 0) is 37.5 Å². The first-order chi connectivity index (χ1) is 8.81. The van der Waals surface area contributed by atoms with Crippen LogP contribution < -0.4 is 5.32 Å². The molecule has 1 aromatic heterocycles. The fourth-order valence-corrected chi connectivity index (χ4v) is 1.79. The number of aromatic amines is 1. The van der Waals surface area contributed by atoms with Crippen molar-refractivity contribution in [1.29, 1.82) is 0 Å². The molecule has 0 atom stereocenters. The standard InChI is InChI=1S/C13H17N3O2/c17-7-3-1-2-6-14-13(18)10-4-5-11-12(8-10)16-9-15-11/h4-5,8-9,17H,1-3,6-7H2,(H,14,18)(H,15,16). The van der Waals surface area contributed by atoms with E-state index in [4.69, 9.17) is 5.11 Å². The number of nitrogens with zero attached hydrogens (tertiary/aromatic N) is 1. The lowest BCUT2D eigenvalue weighted by Gasteiger charge is -2.04. The fraction of sp³-hybridized carbons (Fsp3) is 0.385. The molecule has 0 unspecified atom stereocenters. The monoisotopic (exact) mass is 247 g/mol. The van der Waals surface area contributed by atoms with Crippen LogP contribution in [0, 0.1) is 0 Å². The highest BCUT2D eigenvalue weighted by Crippen LogP contribution is 2.11. The first-order valence-electron chi connectivity index (χ1n) is 6.13. The van der Waals surface area contributed by atoms with Gasteiger partial charge in [0.15, 0.2) is 0 Å². The number of aromatic nitrogens is 2. The maximum absolute atomic E-state index is 11.8. The number of carbonyl (C=O) groups excluding carboxylic acids is 1. The van der Waals surface area contributed by atoms with Crippen molar-refractivity contribution in [2.45, 2.75) is 19.3 Å². The molecule has 5 heteroatoms. The predicted octanol–water partition coefficient (Wildman–Crippen LogP) is 1.46. The molecular formula is C13H17N3O2. The summed E-state index contributed by atoms with van der Waals surface area (Å²) in [4.78, 5) is 18.9. The van der Waals surface area contributed by atoms with Gasteiger partial charge in [-0.25, -0.2) is 4.98 Å². The van der Waals surface area contributed by atoms with Crippen LogP contribution in [0.5, 0.6) is 0 Å². The van der Waals surface area contributed by atoms with Crippen molar-refractivity contribution in [3.05, 3.63) is 30.1 Å². The number of carbonyl (C=O) groups is 1. The zero-order valence-electron chi connectivity index (χ0n) is 10.1. The highest BCUT2D eigenvalue weighted by molar-refractivity contribution is 5.97. The lowest BCUT2D eigenvalue weighted by Crippen LogP contribution is -2.24. The summed E-state index contributed by atoms with van der Waals surface area (Å²) in [6, 6.07) is 5.40. The second kappa shape index (κ2) is 6.16. The van der Waals surface area contributed by atoms with Gasteiger partial charge in [0.1, 0.15) is 0 Å². The minimum absolute atomic E-state index is 0.0797. The maximum Gasteiger partial charge on any atom is 0.251 e. The van der Waals surface area contributed by atoms with Crippen molar-refractivity contribution in [2.75, 3.05) is 13.2 Å². The Labute approximate surface area is 105 Å². The summed E-state index contributed by atoms with van der Waals surface area (Å²) in [7, 11) is 0. The van der Waals surface area contributed by atoms with E-state index in [9.17, 15) is 4.79 Å². The molecule has 3 N–H and O–H groups in total. The van der Waals surface area contributed by atoms with E-state index in [0.717, 1.165) is 30.3 Å². The topological polar surface area (TPSA) is 78.0 Å². The third-order valence-corrected chi connectivity index (χ3v) is 2.80. The van der Waals surface area contributed by atoms with E-state index in [-0.39, 0.29) is 12.5 Å². The molecule has 0 aliphatic carbocycles. The largest absolute Gasteiger partial charge is 0.396 e. The molecule has 96 valence electrons. The van der Waals surface area contributed by atoms with Gasteiger partial charge in [0.2, 0.25) is 0 Å². The zero-order chi connectivity index (χ0) is 12.8. The van der Waals surface area contributed by atoms with Crippen molar-refractivity contribution in [3.8, 4) is 0 Å². The lowest BCUT2D eigenvalue weighted by atomic mass is 10.2. The van der Waals surface area contributed by atoms with Crippen LogP contribution in [-0.4, -0.2) is 34.1 Å². The highest BCUT2D eigenvalue weighted by atomic mass is 16.2. The SMILES string of the molecule is O=C(NCCCCCO)c1ccc2[nH]cnc2c1. The van der Waals surface area contributed by atoms with Gasteiger partial charge in [-0.15, -0.1) is 0 Å². The van der Waals surface area contributed by atoms with Gasteiger partial charge in [0.25, 0.3) is 5.91 Å². The Morgan fingerprint density at radius 1 is 1.33 bits per heavy atom. The van der Waals surface area contributed by atoms with Crippen molar-refractivity contribution < 1.29 is 9.90 Å². The van der Waals surface area contributed by atoms with Crippen LogP contribution in [0.3, 0.4) is 0 Å². The molecule has 0 bridgehead atoms. The summed E-state index contributed by atoms with van der Waals surface area (Å²) < 4.78 is 0. The number of amides is 1. The van der Waals surface area contributed by atoms with E-state index in [1.54, 1.807) is 18.5 Å². The minimum atomic E-state index is -0.0797. The molecule has 0 radical (unpaired) electrons. The Morgan fingerprint density at radius 3 is 3.06 bits per heavy atom. The summed E-state index contributed by atoms with van der Waals surface area (Å²) in [6.07, 6.45) is 4.21. The maximum atomic E-state index is 11.8. The second-order valence-corrected chi connectivity index (χ2v) is 4.17. The number of rotatable bonds is 6. The predicted molar refractivity (Wildman–Crippen MR) is 69.4 cm³/mol. The van der Waals surface area contributed by atoms with Crippen LogP contribution in [0.1, 0.15) is 29.6 Å². The van der Waals surface area contributed by atoms with Crippen LogP contribution in [0.25, 0.3) is 11.0 Å². The Bertz CT molecular complexity index is 522.